The average molecular weight is 407 g/mol. The Kier molecular flexibility index (Phi) is 5.41. The number of amides is 1. The van der Waals surface area contributed by atoms with Crippen LogP contribution in [0.25, 0.3) is 10.9 Å². The van der Waals surface area contributed by atoms with Gasteiger partial charge >= 0.3 is 5.97 Å². The number of nitrogens with one attached hydrogen (secondary N) is 2. The summed E-state index contributed by atoms with van der Waals surface area (Å²) in [4.78, 5) is 26.9. The van der Waals surface area contributed by atoms with Gasteiger partial charge in [-0.2, -0.15) is 0 Å². The van der Waals surface area contributed by atoms with Crippen LogP contribution in [0.2, 0.25) is 10.0 Å². The number of carbonyl (C=O) groups excluding carboxylic acids is 1. The molecule has 27 heavy (non-hydrogen) atoms. The summed E-state index contributed by atoms with van der Waals surface area (Å²) in [6, 6.07) is 13.8. The molecule has 0 saturated carbocycles. The molecule has 1 amide bonds. The molecule has 1 atom stereocenters. The number of carboxylic acids is 1. The van der Waals surface area contributed by atoms with E-state index in [2.05, 4.69) is 10.3 Å². The summed E-state index contributed by atoms with van der Waals surface area (Å²) in [6.45, 7) is 0. The molecule has 0 aliphatic carbocycles. The third-order valence-corrected chi connectivity index (χ3v) is 4.92. The maximum Gasteiger partial charge on any atom is 0.357 e. The summed E-state index contributed by atoms with van der Waals surface area (Å²) < 4.78 is 0. The monoisotopic (exact) mass is 406 g/mol. The maximum absolute atomic E-state index is 12.5. The predicted molar refractivity (Wildman–Crippen MR) is 103 cm³/mol. The Balaban J connectivity index is 1.79. The van der Waals surface area contributed by atoms with Crippen molar-refractivity contribution in [2.24, 2.45) is 0 Å². The molecule has 0 aliphatic heterocycles. The highest BCUT2D eigenvalue weighted by atomic mass is 35.5. The summed E-state index contributed by atoms with van der Waals surface area (Å²) in [5.41, 5.74) is -0.902. The number of aromatic nitrogens is 1. The molecule has 0 bridgehead atoms. The molecule has 0 radical (unpaired) electrons. The van der Waals surface area contributed by atoms with E-state index in [1.54, 1.807) is 12.1 Å². The Labute approximate surface area is 164 Å². The summed E-state index contributed by atoms with van der Waals surface area (Å²) in [6.07, 6.45) is 0.0950. The third-order valence-electron chi connectivity index (χ3n) is 4.20. The van der Waals surface area contributed by atoms with Gasteiger partial charge in [-0.05, 0) is 30.2 Å². The number of aliphatic carboxylic acids is 1. The molecular formula is C19H16Cl2N2O4. The van der Waals surface area contributed by atoms with Crippen molar-refractivity contribution in [1.82, 2.24) is 10.3 Å². The van der Waals surface area contributed by atoms with Crippen LogP contribution in [-0.2, 0) is 11.2 Å². The highest BCUT2D eigenvalue weighted by molar-refractivity contribution is 6.42. The van der Waals surface area contributed by atoms with E-state index in [0.29, 0.717) is 20.9 Å². The minimum absolute atomic E-state index is 0.0859. The van der Waals surface area contributed by atoms with Gasteiger partial charge in [0, 0.05) is 17.3 Å². The van der Waals surface area contributed by atoms with Crippen LogP contribution in [0.1, 0.15) is 22.5 Å². The van der Waals surface area contributed by atoms with Crippen molar-refractivity contribution in [2.45, 2.75) is 18.6 Å². The number of benzene rings is 2. The van der Waals surface area contributed by atoms with E-state index in [1.807, 2.05) is 30.3 Å². The number of aromatic amines is 1. The molecule has 2 aromatic carbocycles. The molecule has 0 spiro atoms. The summed E-state index contributed by atoms with van der Waals surface area (Å²) in [5.74, 6) is -2.29. The lowest BCUT2D eigenvalue weighted by molar-refractivity contribution is -0.161. The summed E-state index contributed by atoms with van der Waals surface area (Å²) in [7, 11) is 0. The van der Waals surface area contributed by atoms with Gasteiger partial charge in [0.05, 0.1) is 10.0 Å². The van der Waals surface area contributed by atoms with Gasteiger partial charge in [0.2, 0.25) is 5.72 Å². The number of hydrogen-bond acceptors (Lipinski definition) is 3. The lowest BCUT2D eigenvalue weighted by atomic mass is 10.0. The van der Waals surface area contributed by atoms with E-state index in [9.17, 15) is 19.8 Å². The molecule has 0 aliphatic rings. The molecule has 0 fully saturated rings. The van der Waals surface area contributed by atoms with Crippen molar-refractivity contribution < 1.29 is 19.8 Å². The summed E-state index contributed by atoms with van der Waals surface area (Å²) in [5, 5.41) is 23.3. The Bertz CT molecular complexity index is 965. The van der Waals surface area contributed by atoms with Gasteiger partial charge in [-0.15, -0.1) is 0 Å². The molecule has 0 saturated heterocycles. The third kappa shape index (κ3) is 4.24. The predicted octanol–water partition coefficient (Wildman–Crippen LogP) is 3.61. The second-order valence-electron chi connectivity index (χ2n) is 6.14. The second kappa shape index (κ2) is 7.60. The standard InChI is InChI=1S/C19H16Cl2N2O4/c20-13-8-12-9-16(22-15(12)10-14(13)21)17(24)23-19(27,18(25)26)7-6-11-4-2-1-3-5-11/h1-5,8-10,22,27H,6-7H2,(H,23,24)(H,25,26). The Morgan fingerprint density at radius 2 is 1.74 bits per heavy atom. The average Bonchev–Trinajstić information content (AvgIpc) is 3.04. The topological polar surface area (TPSA) is 102 Å². The largest absolute Gasteiger partial charge is 0.478 e. The first kappa shape index (κ1) is 19.2. The van der Waals surface area contributed by atoms with Crippen LogP contribution in [0.4, 0.5) is 0 Å². The number of rotatable bonds is 6. The fraction of sp³-hybridized carbons (Fsp3) is 0.158. The van der Waals surface area contributed by atoms with Crippen LogP contribution >= 0.6 is 23.2 Å². The van der Waals surface area contributed by atoms with E-state index in [-0.39, 0.29) is 18.5 Å². The Hall–Kier alpha value is -2.54. The van der Waals surface area contributed by atoms with Gasteiger partial charge in [-0.25, -0.2) is 4.79 Å². The van der Waals surface area contributed by atoms with Crippen molar-refractivity contribution in [3.63, 3.8) is 0 Å². The van der Waals surface area contributed by atoms with Crippen LogP contribution in [0, 0.1) is 0 Å². The fourth-order valence-electron chi connectivity index (χ4n) is 2.70. The molecular weight excluding hydrogens is 391 g/mol. The van der Waals surface area contributed by atoms with E-state index < -0.39 is 17.6 Å². The van der Waals surface area contributed by atoms with E-state index in [1.165, 1.54) is 6.07 Å². The smallest absolute Gasteiger partial charge is 0.357 e. The van der Waals surface area contributed by atoms with Crippen LogP contribution < -0.4 is 5.32 Å². The van der Waals surface area contributed by atoms with Crippen LogP contribution in [0.15, 0.2) is 48.5 Å². The zero-order valence-corrected chi connectivity index (χ0v) is 15.5. The number of aliphatic hydroxyl groups is 1. The van der Waals surface area contributed by atoms with Crippen LogP contribution in [-0.4, -0.2) is 32.8 Å². The number of fused-ring (bicyclic) bond motifs is 1. The van der Waals surface area contributed by atoms with Gasteiger partial charge in [0.25, 0.3) is 5.91 Å². The van der Waals surface area contributed by atoms with Crippen molar-refractivity contribution in [3.8, 4) is 0 Å². The van der Waals surface area contributed by atoms with Gasteiger partial charge in [-0.1, -0.05) is 53.5 Å². The van der Waals surface area contributed by atoms with E-state index in [0.717, 1.165) is 5.56 Å². The van der Waals surface area contributed by atoms with Crippen LogP contribution in [0.5, 0.6) is 0 Å². The highest BCUT2D eigenvalue weighted by Gasteiger charge is 2.38. The first-order valence-electron chi connectivity index (χ1n) is 8.08. The molecule has 140 valence electrons. The molecule has 6 nitrogen and oxygen atoms in total. The van der Waals surface area contributed by atoms with Crippen molar-refractivity contribution >= 4 is 46.0 Å². The lowest BCUT2D eigenvalue weighted by Gasteiger charge is -2.24. The molecule has 4 N–H and O–H groups in total. The Morgan fingerprint density at radius 3 is 2.41 bits per heavy atom. The number of carboxylic acid groups (broad SMARTS) is 1. The number of halogens is 2. The molecule has 1 aromatic heterocycles. The van der Waals surface area contributed by atoms with Crippen molar-refractivity contribution in [2.75, 3.05) is 0 Å². The summed E-state index contributed by atoms with van der Waals surface area (Å²) >= 11 is 11.9. The fourth-order valence-corrected chi connectivity index (χ4v) is 3.03. The highest BCUT2D eigenvalue weighted by Crippen LogP contribution is 2.28. The molecule has 8 heteroatoms. The van der Waals surface area contributed by atoms with Gasteiger partial charge < -0.3 is 20.5 Å². The van der Waals surface area contributed by atoms with E-state index >= 15 is 0 Å². The van der Waals surface area contributed by atoms with Gasteiger partial charge in [0.1, 0.15) is 5.69 Å². The van der Waals surface area contributed by atoms with Crippen molar-refractivity contribution in [3.05, 3.63) is 69.8 Å². The maximum atomic E-state index is 12.5. The first-order chi connectivity index (χ1) is 12.8. The van der Waals surface area contributed by atoms with Gasteiger partial charge in [-0.3, -0.25) is 4.79 Å². The normalized spacial score (nSPS) is 13.3. The number of hydrogen-bond donors (Lipinski definition) is 4. The molecule has 3 rings (SSSR count). The van der Waals surface area contributed by atoms with Gasteiger partial charge in [0.15, 0.2) is 0 Å². The number of aryl methyl sites for hydroxylation is 1. The lowest BCUT2D eigenvalue weighted by Crippen LogP contribution is -2.55. The molecule has 1 unspecified atom stereocenters. The van der Waals surface area contributed by atoms with E-state index in [4.69, 9.17) is 23.2 Å². The minimum atomic E-state index is -2.40. The quantitative estimate of drug-likeness (QED) is 0.469. The zero-order valence-electron chi connectivity index (χ0n) is 14.0. The first-order valence-corrected chi connectivity index (χ1v) is 8.84. The molecule has 1 heterocycles. The van der Waals surface area contributed by atoms with Crippen molar-refractivity contribution in [1.29, 1.82) is 0 Å². The number of H-pyrrole nitrogens is 1. The zero-order chi connectivity index (χ0) is 19.6. The molecule has 3 aromatic rings. The second-order valence-corrected chi connectivity index (χ2v) is 6.96. The Morgan fingerprint density at radius 1 is 1.07 bits per heavy atom. The minimum Gasteiger partial charge on any atom is -0.478 e. The number of carbonyl (C=O) groups is 2. The SMILES string of the molecule is O=C(NC(O)(CCc1ccccc1)C(=O)O)c1cc2cc(Cl)c(Cl)cc2[nH]1. The van der Waals surface area contributed by atoms with Crippen LogP contribution in [0.3, 0.4) is 0 Å².